The molecule has 144 valence electrons. The SMILES string of the molecule is O=C(COc1ccccc1)N1CCCC1c1ncc(Cc2cccc(F)c2)o1. The zero-order chi connectivity index (χ0) is 19.3. The molecule has 1 aromatic heterocycles. The monoisotopic (exact) mass is 380 g/mol. The number of aromatic nitrogens is 1. The average molecular weight is 380 g/mol. The molecule has 1 aliphatic heterocycles. The van der Waals surface area contributed by atoms with E-state index in [9.17, 15) is 9.18 Å². The lowest BCUT2D eigenvalue weighted by Crippen LogP contribution is -2.34. The third kappa shape index (κ3) is 4.22. The van der Waals surface area contributed by atoms with Gasteiger partial charge in [-0.25, -0.2) is 9.37 Å². The van der Waals surface area contributed by atoms with E-state index in [0.717, 1.165) is 18.4 Å². The van der Waals surface area contributed by atoms with Gasteiger partial charge in [-0.1, -0.05) is 30.3 Å². The van der Waals surface area contributed by atoms with Crippen LogP contribution in [0, 0.1) is 5.82 Å². The van der Waals surface area contributed by atoms with Gasteiger partial charge in [0.05, 0.1) is 6.20 Å². The fraction of sp³-hybridized carbons (Fsp3) is 0.273. The minimum Gasteiger partial charge on any atom is -0.484 e. The highest BCUT2D eigenvalue weighted by molar-refractivity contribution is 5.78. The van der Waals surface area contributed by atoms with Crippen LogP contribution in [-0.2, 0) is 11.2 Å². The van der Waals surface area contributed by atoms with Crippen LogP contribution in [0.4, 0.5) is 4.39 Å². The normalized spacial score (nSPS) is 16.3. The Bertz CT molecular complexity index is 942. The highest BCUT2D eigenvalue weighted by Gasteiger charge is 2.33. The van der Waals surface area contributed by atoms with Gasteiger partial charge in [-0.3, -0.25) is 4.79 Å². The summed E-state index contributed by atoms with van der Waals surface area (Å²) < 4.78 is 24.8. The van der Waals surface area contributed by atoms with Gasteiger partial charge in [0.25, 0.3) is 5.91 Å². The first-order valence-corrected chi connectivity index (χ1v) is 9.35. The van der Waals surface area contributed by atoms with Crippen LogP contribution in [0.2, 0.25) is 0 Å². The van der Waals surface area contributed by atoms with Crippen molar-refractivity contribution in [2.75, 3.05) is 13.2 Å². The maximum absolute atomic E-state index is 13.4. The molecule has 28 heavy (non-hydrogen) atoms. The van der Waals surface area contributed by atoms with Crippen molar-refractivity contribution in [1.82, 2.24) is 9.88 Å². The first-order chi connectivity index (χ1) is 13.7. The molecule has 1 aliphatic rings. The summed E-state index contributed by atoms with van der Waals surface area (Å²) in [7, 11) is 0. The number of carbonyl (C=O) groups excluding carboxylic acids is 1. The second kappa shape index (κ2) is 8.25. The molecule has 0 spiro atoms. The first kappa shape index (κ1) is 18.2. The van der Waals surface area contributed by atoms with Crippen LogP contribution in [-0.4, -0.2) is 28.9 Å². The summed E-state index contributed by atoms with van der Waals surface area (Å²) in [6, 6.07) is 15.5. The van der Waals surface area contributed by atoms with Crippen molar-refractivity contribution in [2.45, 2.75) is 25.3 Å². The molecule has 1 amide bonds. The van der Waals surface area contributed by atoms with E-state index in [1.54, 1.807) is 17.2 Å². The number of hydrogen-bond acceptors (Lipinski definition) is 4. The second-order valence-corrected chi connectivity index (χ2v) is 6.82. The van der Waals surface area contributed by atoms with Crippen LogP contribution in [0.15, 0.2) is 65.2 Å². The van der Waals surface area contributed by atoms with Gasteiger partial charge in [-0.05, 0) is 42.7 Å². The van der Waals surface area contributed by atoms with Crippen molar-refractivity contribution in [3.63, 3.8) is 0 Å². The van der Waals surface area contributed by atoms with E-state index in [2.05, 4.69) is 4.98 Å². The summed E-state index contributed by atoms with van der Waals surface area (Å²) in [5.74, 6) is 1.48. The quantitative estimate of drug-likeness (QED) is 0.645. The standard InChI is InChI=1S/C22H21FN2O3/c23-17-7-4-6-16(12-17)13-19-14-24-22(28-19)20-10-5-11-25(20)21(26)15-27-18-8-2-1-3-9-18/h1-4,6-9,12,14,20H,5,10-11,13,15H2. The van der Waals surface area contributed by atoms with Gasteiger partial charge in [0.1, 0.15) is 23.4 Å². The third-order valence-electron chi connectivity index (χ3n) is 4.80. The second-order valence-electron chi connectivity index (χ2n) is 6.82. The Labute approximate surface area is 162 Å². The fourth-order valence-corrected chi connectivity index (χ4v) is 3.47. The molecule has 0 bridgehead atoms. The van der Waals surface area contributed by atoms with Crippen molar-refractivity contribution in [1.29, 1.82) is 0 Å². The number of nitrogens with zero attached hydrogens (tertiary/aromatic N) is 2. The van der Waals surface area contributed by atoms with Gasteiger partial charge in [-0.15, -0.1) is 0 Å². The number of rotatable bonds is 6. The van der Waals surface area contributed by atoms with Crippen molar-refractivity contribution in [2.24, 2.45) is 0 Å². The molecule has 0 N–H and O–H groups in total. The number of likely N-dealkylation sites (tertiary alicyclic amines) is 1. The molecular weight excluding hydrogens is 359 g/mol. The Morgan fingerprint density at radius 1 is 1.21 bits per heavy atom. The third-order valence-corrected chi connectivity index (χ3v) is 4.80. The summed E-state index contributed by atoms with van der Waals surface area (Å²) >= 11 is 0. The van der Waals surface area contributed by atoms with Crippen LogP contribution in [0.3, 0.4) is 0 Å². The van der Waals surface area contributed by atoms with E-state index < -0.39 is 0 Å². The highest BCUT2D eigenvalue weighted by Crippen LogP contribution is 2.32. The zero-order valence-corrected chi connectivity index (χ0v) is 15.4. The summed E-state index contributed by atoms with van der Waals surface area (Å²) in [4.78, 5) is 18.8. The number of ether oxygens (including phenoxy) is 1. The molecule has 1 fully saturated rings. The van der Waals surface area contributed by atoms with E-state index in [-0.39, 0.29) is 24.4 Å². The molecule has 1 saturated heterocycles. The molecule has 1 unspecified atom stereocenters. The number of amides is 1. The Hall–Kier alpha value is -3.15. The van der Waals surface area contributed by atoms with Crippen molar-refractivity contribution in [3.05, 3.63) is 83.8 Å². The van der Waals surface area contributed by atoms with Gasteiger partial charge < -0.3 is 14.1 Å². The first-order valence-electron chi connectivity index (χ1n) is 9.35. The van der Waals surface area contributed by atoms with Gasteiger partial charge in [-0.2, -0.15) is 0 Å². The predicted octanol–water partition coefficient (Wildman–Crippen LogP) is 4.15. The van der Waals surface area contributed by atoms with E-state index in [4.69, 9.17) is 9.15 Å². The van der Waals surface area contributed by atoms with E-state index >= 15 is 0 Å². The maximum Gasteiger partial charge on any atom is 0.261 e. The number of hydrogen-bond donors (Lipinski definition) is 0. The molecule has 1 atom stereocenters. The minimum atomic E-state index is -0.275. The Balaban J connectivity index is 1.40. The van der Waals surface area contributed by atoms with E-state index in [1.165, 1.54) is 12.1 Å². The largest absolute Gasteiger partial charge is 0.484 e. The van der Waals surface area contributed by atoms with Crippen LogP contribution in [0.5, 0.6) is 5.75 Å². The molecular formula is C22H21FN2O3. The number of para-hydroxylation sites is 1. The molecule has 4 rings (SSSR count). The number of benzene rings is 2. The number of halogens is 1. The van der Waals surface area contributed by atoms with Gasteiger partial charge >= 0.3 is 0 Å². The number of carbonyl (C=O) groups is 1. The van der Waals surface area contributed by atoms with E-state index in [1.807, 2.05) is 36.4 Å². The lowest BCUT2D eigenvalue weighted by molar-refractivity contribution is -0.134. The van der Waals surface area contributed by atoms with Crippen molar-refractivity contribution in [3.8, 4) is 5.75 Å². The fourth-order valence-electron chi connectivity index (χ4n) is 3.47. The van der Waals surface area contributed by atoms with Crippen LogP contribution in [0.1, 0.15) is 36.1 Å². The molecule has 2 aromatic carbocycles. The van der Waals surface area contributed by atoms with Gasteiger partial charge in [0.2, 0.25) is 5.89 Å². The highest BCUT2D eigenvalue weighted by atomic mass is 19.1. The zero-order valence-electron chi connectivity index (χ0n) is 15.4. The van der Waals surface area contributed by atoms with Crippen LogP contribution in [0.25, 0.3) is 0 Å². The number of oxazole rings is 1. The van der Waals surface area contributed by atoms with Crippen molar-refractivity contribution >= 4 is 5.91 Å². The Morgan fingerprint density at radius 3 is 2.89 bits per heavy atom. The lowest BCUT2D eigenvalue weighted by atomic mass is 10.1. The van der Waals surface area contributed by atoms with Crippen LogP contribution < -0.4 is 4.74 Å². The molecule has 5 nitrogen and oxygen atoms in total. The Morgan fingerprint density at radius 2 is 2.07 bits per heavy atom. The molecule has 0 radical (unpaired) electrons. The maximum atomic E-state index is 13.4. The van der Waals surface area contributed by atoms with E-state index in [0.29, 0.717) is 30.4 Å². The molecule has 0 saturated carbocycles. The summed E-state index contributed by atoms with van der Waals surface area (Å²) in [6.45, 7) is 0.640. The topological polar surface area (TPSA) is 55.6 Å². The predicted molar refractivity (Wildman–Crippen MR) is 101 cm³/mol. The summed E-state index contributed by atoms with van der Waals surface area (Å²) in [6.07, 6.45) is 3.81. The van der Waals surface area contributed by atoms with Gasteiger partial charge in [0.15, 0.2) is 6.61 Å². The average Bonchev–Trinajstić information content (AvgIpc) is 3.36. The summed E-state index contributed by atoms with van der Waals surface area (Å²) in [5, 5.41) is 0. The van der Waals surface area contributed by atoms with Crippen molar-refractivity contribution < 1.29 is 18.3 Å². The molecule has 0 aliphatic carbocycles. The lowest BCUT2D eigenvalue weighted by Gasteiger charge is -2.22. The minimum absolute atomic E-state index is 0.0165. The molecule has 3 aromatic rings. The summed E-state index contributed by atoms with van der Waals surface area (Å²) in [5.41, 5.74) is 0.818. The Kier molecular flexibility index (Phi) is 5.37. The molecule has 6 heteroatoms. The van der Waals surface area contributed by atoms with Crippen LogP contribution >= 0.6 is 0 Å². The molecule has 2 heterocycles. The smallest absolute Gasteiger partial charge is 0.261 e. The van der Waals surface area contributed by atoms with Gasteiger partial charge in [0, 0.05) is 13.0 Å².